The van der Waals surface area contributed by atoms with Crippen LogP contribution in [0.1, 0.15) is 60.9 Å². The smallest absolute Gasteiger partial charge is 0.410 e. The summed E-state index contributed by atoms with van der Waals surface area (Å²) < 4.78 is 7.46. The number of primary amides is 1. The van der Waals surface area contributed by atoms with E-state index < -0.39 is 17.7 Å². The molecule has 3 heterocycles. The molecule has 0 unspecified atom stereocenters. The van der Waals surface area contributed by atoms with Crippen LogP contribution in [0.5, 0.6) is 0 Å². The number of hydrogen-bond donors (Lipinski definition) is 2. The average molecular weight is 564 g/mol. The number of aryl methyl sites for hydroxylation is 1. The van der Waals surface area contributed by atoms with E-state index >= 15 is 0 Å². The molecular formula is C29H34ClN7O3. The van der Waals surface area contributed by atoms with E-state index in [1.54, 1.807) is 23.6 Å². The van der Waals surface area contributed by atoms with E-state index in [-0.39, 0.29) is 12.1 Å². The molecule has 3 amide bonds. The van der Waals surface area contributed by atoms with Gasteiger partial charge in [0.1, 0.15) is 5.60 Å². The number of nitrogens with two attached hydrogens (primary N) is 1. The number of nitrogens with one attached hydrogen (secondary N) is 1. The standard InChI is InChI=1S/C29H34ClN7O3/c1-29(2,3)40-28(39)37-12-10-36(11-13-37)26-20-8-7-19(30)15-21(20)22(14-18-6-5-9-33-24(18)26)25(34-27(31)38)23-16-32-17-35(23)4/h5-9,14-17,25-26H,10-13H2,1-4H3,(H3,31,34,38)/t25-,26-/m0/s1. The van der Waals surface area contributed by atoms with Gasteiger partial charge in [-0.3, -0.25) is 9.88 Å². The van der Waals surface area contributed by atoms with E-state index in [0.717, 1.165) is 33.7 Å². The van der Waals surface area contributed by atoms with E-state index in [4.69, 9.17) is 27.1 Å². The van der Waals surface area contributed by atoms with Crippen molar-refractivity contribution in [2.75, 3.05) is 26.2 Å². The molecule has 1 aliphatic carbocycles. The van der Waals surface area contributed by atoms with E-state index in [0.29, 0.717) is 31.2 Å². The van der Waals surface area contributed by atoms with Crippen LogP contribution < -0.4 is 11.1 Å². The number of ether oxygens (including phenoxy) is 1. The first kappa shape index (κ1) is 27.7. The first-order chi connectivity index (χ1) is 19.0. The Morgan fingerprint density at radius 1 is 1.18 bits per heavy atom. The average Bonchev–Trinajstić information content (AvgIpc) is 3.26. The van der Waals surface area contributed by atoms with Gasteiger partial charge in [0.05, 0.1) is 36.0 Å². The van der Waals surface area contributed by atoms with E-state index in [1.165, 1.54) is 0 Å². The van der Waals surface area contributed by atoms with Crippen molar-refractivity contribution in [3.8, 4) is 0 Å². The van der Waals surface area contributed by atoms with Crippen molar-refractivity contribution in [3.63, 3.8) is 0 Å². The number of aromatic nitrogens is 3. The molecule has 0 radical (unpaired) electrons. The fourth-order valence-corrected chi connectivity index (χ4v) is 5.56. The highest BCUT2D eigenvalue weighted by Gasteiger charge is 2.36. The van der Waals surface area contributed by atoms with E-state index in [1.807, 2.05) is 68.8 Å². The third kappa shape index (κ3) is 5.68. The minimum Gasteiger partial charge on any atom is -0.444 e. The Hall–Kier alpha value is -3.89. The van der Waals surface area contributed by atoms with Crippen LogP contribution in [0, 0.1) is 0 Å². The Bertz CT molecular complexity index is 1450. The van der Waals surface area contributed by atoms with Crippen LogP contribution >= 0.6 is 11.6 Å². The number of fused-ring (bicyclic) bond motifs is 2. The number of rotatable bonds is 4. The highest BCUT2D eigenvalue weighted by atomic mass is 35.5. The van der Waals surface area contributed by atoms with E-state index in [2.05, 4.69) is 15.2 Å². The highest BCUT2D eigenvalue weighted by molar-refractivity contribution is 6.30. The summed E-state index contributed by atoms with van der Waals surface area (Å²) in [6.07, 6.45) is 6.93. The number of pyridine rings is 1. The summed E-state index contributed by atoms with van der Waals surface area (Å²) in [4.78, 5) is 38.1. The maximum absolute atomic E-state index is 12.7. The predicted molar refractivity (Wildman–Crippen MR) is 153 cm³/mol. The predicted octanol–water partition coefficient (Wildman–Crippen LogP) is 4.37. The lowest BCUT2D eigenvalue weighted by Gasteiger charge is -2.40. The van der Waals surface area contributed by atoms with Crippen LogP contribution in [-0.2, 0) is 11.8 Å². The summed E-state index contributed by atoms with van der Waals surface area (Å²) in [6, 6.07) is 8.28. The summed E-state index contributed by atoms with van der Waals surface area (Å²) in [5.41, 5.74) is 10.4. The van der Waals surface area contributed by atoms with Gasteiger partial charge in [-0.25, -0.2) is 14.6 Å². The Labute approximate surface area is 238 Å². The topological polar surface area (TPSA) is 119 Å². The van der Waals surface area contributed by atoms with Crippen molar-refractivity contribution in [2.24, 2.45) is 12.8 Å². The Kier molecular flexibility index (Phi) is 7.57. The zero-order valence-corrected chi connectivity index (χ0v) is 23.9. The molecule has 1 aliphatic heterocycles. The Balaban J connectivity index is 1.58. The summed E-state index contributed by atoms with van der Waals surface area (Å²) in [7, 11) is 1.87. The maximum atomic E-state index is 12.7. The second-order valence-electron chi connectivity index (χ2n) is 11.1. The number of imidazole rings is 1. The maximum Gasteiger partial charge on any atom is 0.410 e. The van der Waals surface area contributed by atoms with Gasteiger partial charge in [0, 0.05) is 44.4 Å². The number of benzene rings is 1. The first-order valence-corrected chi connectivity index (χ1v) is 13.6. The molecule has 2 aromatic heterocycles. The number of carbonyl (C=O) groups excluding carboxylic acids is 2. The normalized spacial score (nSPS) is 18.2. The van der Waals surface area contributed by atoms with Gasteiger partial charge in [-0.2, -0.15) is 0 Å². The third-order valence-electron chi connectivity index (χ3n) is 7.14. The van der Waals surface area contributed by atoms with Gasteiger partial charge in [0.2, 0.25) is 0 Å². The molecule has 2 atom stereocenters. The molecule has 1 fully saturated rings. The number of piperazine rings is 1. The van der Waals surface area contributed by atoms with Crippen LogP contribution in [0.15, 0.2) is 49.1 Å². The van der Waals surface area contributed by atoms with Crippen molar-refractivity contribution in [1.29, 1.82) is 0 Å². The lowest BCUT2D eigenvalue weighted by Crippen LogP contribution is -2.51. The zero-order valence-electron chi connectivity index (χ0n) is 23.1. The molecule has 3 N–H and O–H groups in total. The molecule has 5 rings (SSSR count). The van der Waals surface area contributed by atoms with Gasteiger partial charge in [-0.15, -0.1) is 0 Å². The summed E-state index contributed by atoms with van der Waals surface area (Å²) in [6.45, 7) is 7.91. The Morgan fingerprint density at radius 3 is 2.58 bits per heavy atom. The van der Waals surface area contributed by atoms with Crippen LogP contribution in [-0.4, -0.2) is 68.2 Å². The lowest BCUT2D eigenvalue weighted by atomic mass is 9.90. The minimum absolute atomic E-state index is 0.209. The quantitative estimate of drug-likeness (QED) is 0.486. The van der Waals surface area contributed by atoms with Crippen molar-refractivity contribution in [2.45, 2.75) is 38.5 Å². The second-order valence-corrected chi connectivity index (χ2v) is 11.5. The number of halogens is 1. The molecule has 0 bridgehead atoms. The van der Waals surface area contributed by atoms with Crippen molar-refractivity contribution >= 4 is 35.4 Å². The van der Waals surface area contributed by atoms with Gasteiger partial charge in [-0.1, -0.05) is 23.7 Å². The van der Waals surface area contributed by atoms with Crippen LogP contribution in [0.4, 0.5) is 9.59 Å². The SMILES string of the molecule is Cn1cncc1[C@@H](NC(N)=O)C1=Cc2cccnc2[C@@H](N2CCN(C(=O)OC(C)(C)C)CC2)c2ccc(Cl)cc21. The summed E-state index contributed by atoms with van der Waals surface area (Å²) in [5, 5.41) is 3.49. The van der Waals surface area contributed by atoms with Crippen molar-refractivity contribution < 1.29 is 14.3 Å². The molecule has 10 nitrogen and oxygen atoms in total. The Morgan fingerprint density at radius 2 is 1.93 bits per heavy atom. The number of nitrogens with zero attached hydrogens (tertiary/aromatic N) is 5. The molecule has 1 aromatic carbocycles. The first-order valence-electron chi connectivity index (χ1n) is 13.2. The number of urea groups is 1. The number of hydrogen-bond acceptors (Lipinski definition) is 6. The number of carbonyl (C=O) groups is 2. The van der Waals surface area contributed by atoms with Crippen LogP contribution in [0.2, 0.25) is 5.02 Å². The van der Waals surface area contributed by atoms with E-state index in [9.17, 15) is 9.59 Å². The summed E-state index contributed by atoms with van der Waals surface area (Å²) >= 11 is 6.57. The largest absolute Gasteiger partial charge is 0.444 e. The zero-order chi connectivity index (χ0) is 28.6. The summed E-state index contributed by atoms with van der Waals surface area (Å²) in [5.74, 6) is 0. The van der Waals surface area contributed by atoms with Gasteiger partial charge >= 0.3 is 12.1 Å². The fourth-order valence-electron chi connectivity index (χ4n) is 5.39. The molecule has 3 aromatic rings. The molecule has 11 heteroatoms. The number of amides is 3. The molecule has 0 spiro atoms. The monoisotopic (exact) mass is 563 g/mol. The molecule has 210 valence electrons. The molecule has 0 saturated carbocycles. The van der Waals surface area contributed by atoms with Crippen molar-refractivity contribution in [3.05, 3.63) is 82.2 Å². The molecule has 1 saturated heterocycles. The minimum atomic E-state index is -0.652. The van der Waals surface area contributed by atoms with Crippen LogP contribution in [0.3, 0.4) is 0 Å². The third-order valence-corrected chi connectivity index (χ3v) is 7.38. The second kappa shape index (κ2) is 10.9. The van der Waals surface area contributed by atoms with Crippen molar-refractivity contribution in [1.82, 2.24) is 29.7 Å². The van der Waals surface area contributed by atoms with Gasteiger partial charge in [-0.05, 0) is 67.3 Å². The highest BCUT2D eigenvalue weighted by Crippen LogP contribution is 2.44. The van der Waals surface area contributed by atoms with Gasteiger partial charge in [0.25, 0.3) is 0 Å². The fraction of sp³-hybridized carbons (Fsp3) is 0.379. The molecule has 40 heavy (non-hydrogen) atoms. The van der Waals surface area contributed by atoms with Crippen LogP contribution in [0.25, 0.3) is 11.6 Å². The van der Waals surface area contributed by atoms with Gasteiger partial charge < -0.3 is 25.3 Å². The molecular weight excluding hydrogens is 530 g/mol. The lowest BCUT2D eigenvalue weighted by molar-refractivity contribution is 0.0118. The van der Waals surface area contributed by atoms with Gasteiger partial charge in [0.15, 0.2) is 0 Å². The molecule has 2 aliphatic rings.